The summed E-state index contributed by atoms with van der Waals surface area (Å²) >= 11 is 2.49. The molecule has 0 rings (SSSR count). The molecule has 0 saturated heterocycles. The molecule has 0 saturated carbocycles. The van der Waals surface area contributed by atoms with Gasteiger partial charge in [-0.05, 0) is 41.8 Å². The minimum absolute atomic E-state index is 0.121. The Hall–Kier alpha value is 0.340. The molecule has 0 aromatic rings. The third-order valence-corrected chi connectivity index (χ3v) is 3.30. The number of allylic oxidation sites excluding steroid dienone is 1. The van der Waals surface area contributed by atoms with E-state index in [2.05, 4.69) is 47.7 Å². The summed E-state index contributed by atoms with van der Waals surface area (Å²) in [7, 11) is 1.75. The molecular formula is C7H13I2N3. The zero-order valence-corrected chi connectivity index (χ0v) is 11.5. The van der Waals surface area contributed by atoms with Crippen molar-refractivity contribution >= 4 is 45.5 Å². The lowest BCUT2D eigenvalue weighted by Crippen LogP contribution is -2.34. The van der Waals surface area contributed by atoms with Gasteiger partial charge in [0.1, 0.15) is 0 Å². The molecule has 12 heavy (non-hydrogen) atoms. The molecule has 0 aromatic heterocycles. The Morgan fingerprint density at radius 3 is 2.83 bits per heavy atom. The maximum Gasteiger partial charge on any atom is 0.199 e. The molecule has 70 valence electrons. The molecular weight excluding hydrogens is 380 g/mol. The highest BCUT2D eigenvalue weighted by Crippen LogP contribution is 2.04. The van der Waals surface area contributed by atoms with Gasteiger partial charge in [0.2, 0.25) is 0 Å². The highest BCUT2D eigenvalue weighted by Gasteiger charge is 1.94. The lowest BCUT2D eigenvalue weighted by atomic mass is 10.4. The van der Waals surface area contributed by atoms with E-state index in [1.807, 2.05) is 4.14 Å². The highest BCUT2D eigenvalue weighted by molar-refractivity contribution is 15.0. The maximum absolute atomic E-state index is 4.03. The molecule has 3 nitrogen and oxygen atoms in total. The molecule has 0 fully saturated rings. The molecule has 0 atom stereocenters. The Labute approximate surface area is 93.0 Å². The van der Waals surface area contributed by atoms with Gasteiger partial charge in [-0.1, -0.05) is 13.5 Å². The van der Waals surface area contributed by atoms with E-state index in [0.29, 0.717) is 0 Å². The quantitative estimate of drug-likeness (QED) is 0.438. The Balaban J connectivity index is 3.93. The standard InChI is InChI=1S/C7H13I2N3/c1-4-6(2)12-7(10-3)11-5-9-8/h5H,2,4H2,1,3H3,(H2,10,11,12). The average Bonchev–Trinajstić information content (AvgIpc) is 2.11. The molecule has 0 bridgehead atoms. The fraction of sp³-hybridized carbons (Fsp3) is 0.429. The summed E-state index contributed by atoms with van der Waals surface area (Å²) in [5.74, 6) is 0.776. The lowest BCUT2D eigenvalue weighted by Gasteiger charge is -2.08. The molecule has 0 aliphatic rings. The van der Waals surface area contributed by atoms with E-state index >= 15 is 0 Å². The van der Waals surface area contributed by atoms with Crippen molar-refractivity contribution in [2.45, 2.75) is 13.3 Å². The van der Waals surface area contributed by atoms with Crippen LogP contribution in [0.2, 0.25) is 0 Å². The number of hydrogen-bond acceptors (Lipinski definition) is 1. The molecule has 5 heteroatoms. The van der Waals surface area contributed by atoms with Crippen LogP contribution < -0.4 is 10.6 Å². The number of nitrogens with zero attached hydrogens (tertiary/aromatic N) is 1. The number of rotatable bonds is 3. The van der Waals surface area contributed by atoms with Gasteiger partial charge in [-0.25, -0.2) is 0 Å². The monoisotopic (exact) mass is 393 g/mol. The van der Waals surface area contributed by atoms with Crippen LogP contribution in [0.1, 0.15) is 13.3 Å². The molecule has 2 N–H and O–H groups in total. The van der Waals surface area contributed by atoms with Gasteiger partial charge in [0.15, 0.2) is 5.96 Å². The molecule has 0 spiro atoms. The van der Waals surface area contributed by atoms with Crippen LogP contribution >= 0.6 is 35.4 Å². The first kappa shape index (κ1) is 12.3. The Kier molecular flexibility index (Phi) is 8.19. The Morgan fingerprint density at radius 1 is 1.75 bits per heavy atom. The first-order chi connectivity index (χ1) is 5.74. The van der Waals surface area contributed by atoms with Crippen LogP contribution in [0, 0.1) is 0 Å². The van der Waals surface area contributed by atoms with Gasteiger partial charge in [-0.3, -0.25) is 4.99 Å². The summed E-state index contributed by atoms with van der Waals surface area (Å²) < 4.78 is 2.04. The molecule has 0 aliphatic heterocycles. The van der Waals surface area contributed by atoms with Crippen LogP contribution in [0.25, 0.3) is 0 Å². The van der Waals surface area contributed by atoms with Crippen LogP contribution in [0.4, 0.5) is 0 Å². The Morgan fingerprint density at radius 2 is 2.42 bits per heavy atom. The number of nitrogens with one attached hydrogen (secondary N) is 2. The van der Waals surface area contributed by atoms with Crippen molar-refractivity contribution in [2.24, 2.45) is 4.99 Å². The zero-order chi connectivity index (χ0) is 9.40. The number of halogens is 2. The molecule has 0 heterocycles. The summed E-state index contributed by atoms with van der Waals surface area (Å²) in [6.07, 6.45) is 0.917. The molecule has 0 amide bonds. The lowest BCUT2D eigenvalue weighted by molar-refractivity contribution is 0.961. The minimum atomic E-state index is 0.121. The second kappa shape index (κ2) is 7.96. The van der Waals surface area contributed by atoms with E-state index < -0.39 is 0 Å². The summed E-state index contributed by atoms with van der Waals surface area (Å²) in [6, 6.07) is 0. The first-order valence-corrected chi connectivity index (χ1v) is 11.0. The SMILES string of the molecule is C=C(CC)NC(=NC)NC=II. The van der Waals surface area contributed by atoms with Crippen LogP contribution in [0.3, 0.4) is 0 Å². The zero-order valence-electron chi connectivity index (χ0n) is 7.19. The summed E-state index contributed by atoms with van der Waals surface area (Å²) in [4.78, 5) is 4.03. The minimum Gasteiger partial charge on any atom is -0.330 e. The van der Waals surface area contributed by atoms with E-state index in [0.717, 1.165) is 18.1 Å². The molecule has 0 aliphatic carbocycles. The van der Waals surface area contributed by atoms with Crippen molar-refractivity contribution in [2.75, 3.05) is 7.05 Å². The number of guanidine groups is 1. The van der Waals surface area contributed by atoms with Gasteiger partial charge in [-0.15, -0.1) is 0 Å². The highest BCUT2D eigenvalue weighted by atomic mass is 128. The second-order valence-corrected chi connectivity index (χ2v) is 6.24. The third-order valence-electron chi connectivity index (χ3n) is 1.18. The molecule has 0 radical (unpaired) electrons. The van der Waals surface area contributed by atoms with Gasteiger partial charge in [0.25, 0.3) is 0 Å². The summed E-state index contributed by atoms with van der Waals surface area (Å²) in [5.41, 5.74) is 0.975. The van der Waals surface area contributed by atoms with Crippen molar-refractivity contribution in [3.05, 3.63) is 12.3 Å². The van der Waals surface area contributed by atoms with Crippen LogP contribution in [0.5, 0.6) is 0 Å². The van der Waals surface area contributed by atoms with E-state index in [-0.39, 0.29) is 16.8 Å². The maximum atomic E-state index is 4.03. The van der Waals surface area contributed by atoms with Gasteiger partial charge in [0, 0.05) is 16.9 Å². The average molecular weight is 393 g/mol. The number of hydrogen-bond donors (Lipinski definition) is 2. The van der Waals surface area contributed by atoms with Crippen LogP contribution in [-0.2, 0) is 0 Å². The van der Waals surface area contributed by atoms with Gasteiger partial charge in [-0.2, -0.15) is 0 Å². The van der Waals surface area contributed by atoms with Crippen LogP contribution in [0.15, 0.2) is 17.3 Å². The van der Waals surface area contributed by atoms with Crippen molar-refractivity contribution in [1.29, 1.82) is 0 Å². The molecule has 0 unspecified atom stereocenters. The van der Waals surface area contributed by atoms with Gasteiger partial charge in [0.05, 0.1) is 0 Å². The van der Waals surface area contributed by atoms with Crippen molar-refractivity contribution in [3.63, 3.8) is 0 Å². The van der Waals surface area contributed by atoms with Crippen LogP contribution in [-0.4, -0.2) is 17.1 Å². The van der Waals surface area contributed by atoms with Gasteiger partial charge < -0.3 is 10.6 Å². The predicted octanol–water partition coefficient (Wildman–Crippen LogP) is 2.16. The van der Waals surface area contributed by atoms with E-state index in [4.69, 9.17) is 0 Å². The predicted molar refractivity (Wildman–Crippen MR) is 73.2 cm³/mol. The largest absolute Gasteiger partial charge is 0.330 e. The smallest absolute Gasteiger partial charge is 0.199 e. The third kappa shape index (κ3) is 5.92. The normalized spacial score (nSPS) is 12.4. The van der Waals surface area contributed by atoms with Crippen molar-refractivity contribution in [1.82, 2.24) is 10.6 Å². The topological polar surface area (TPSA) is 36.4 Å². The summed E-state index contributed by atoms with van der Waals surface area (Å²) in [6.45, 7) is 5.88. The van der Waals surface area contributed by atoms with Gasteiger partial charge >= 0.3 is 0 Å². The Bertz CT molecular complexity index is 199. The summed E-state index contributed by atoms with van der Waals surface area (Å²) in [5, 5.41) is 6.16. The van der Waals surface area contributed by atoms with Crippen molar-refractivity contribution < 1.29 is 0 Å². The van der Waals surface area contributed by atoms with E-state index in [1.54, 1.807) is 7.05 Å². The second-order valence-electron chi connectivity index (χ2n) is 1.99. The number of aliphatic imine (C=N–C) groups is 1. The van der Waals surface area contributed by atoms with E-state index in [1.165, 1.54) is 0 Å². The fourth-order valence-electron chi connectivity index (χ4n) is 0.485. The molecule has 0 aromatic carbocycles. The van der Waals surface area contributed by atoms with E-state index in [9.17, 15) is 0 Å². The van der Waals surface area contributed by atoms with Crippen molar-refractivity contribution in [3.8, 4) is 0 Å². The first-order valence-electron chi connectivity index (χ1n) is 3.48. The fourth-order valence-corrected chi connectivity index (χ4v) is 1.69.